The fourth-order valence-corrected chi connectivity index (χ4v) is 3.92. The van der Waals surface area contributed by atoms with Crippen LogP contribution in [0.1, 0.15) is 19.8 Å². The Hall–Kier alpha value is -3.29. The van der Waals surface area contributed by atoms with E-state index in [1.165, 1.54) is 12.1 Å². The van der Waals surface area contributed by atoms with Gasteiger partial charge in [-0.05, 0) is 67.3 Å². The number of nitrogens with zero attached hydrogens (tertiary/aromatic N) is 2. The number of anilines is 1. The predicted molar refractivity (Wildman–Crippen MR) is 115 cm³/mol. The number of benzene rings is 2. The lowest BCUT2D eigenvalue weighted by Crippen LogP contribution is -2.37. The molecule has 5 nitrogen and oxygen atoms in total. The van der Waals surface area contributed by atoms with Gasteiger partial charge in [0.05, 0.1) is 18.0 Å². The number of pyridine rings is 1. The van der Waals surface area contributed by atoms with Crippen LogP contribution in [0.3, 0.4) is 0 Å². The third-order valence-corrected chi connectivity index (χ3v) is 5.53. The molecule has 4 rings (SSSR count). The number of esters is 1. The Kier molecular flexibility index (Phi) is 6.21. The van der Waals surface area contributed by atoms with Gasteiger partial charge in [0.15, 0.2) is 0 Å². The first-order valence-corrected chi connectivity index (χ1v) is 10.5. The van der Waals surface area contributed by atoms with Crippen LogP contribution in [0.15, 0.2) is 54.6 Å². The molecular weight excluding hydrogens is 421 g/mol. The Morgan fingerprint density at radius 3 is 2.38 bits per heavy atom. The summed E-state index contributed by atoms with van der Waals surface area (Å²) >= 11 is 0. The van der Waals surface area contributed by atoms with Crippen LogP contribution in [-0.2, 0) is 9.53 Å². The van der Waals surface area contributed by atoms with Crippen molar-refractivity contribution in [3.05, 3.63) is 54.6 Å². The second kappa shape index (κ2) is 9.06. The van der Waals surface area contributed by atoms with E-state index in [1.54, 1.807) is 12.1 Å². The molecule has 0 spiro atoms. The van der Waals surface area contributed by atoms with Crippen molar-refractivity contribution in [2.24, 2.45) is 5.92 Å². The normalized spacial score (nSPS) is 15.1. The molecule has 0 bridgehead atoms. The van der Waals surface area contributed by atoms with E-state index in [0.29, 0.717) is 6.61 Å². The fourth-order valence-electron chi connectivity index (χ4n) is 3.92. The van der Waals surface area contributed by atoms with E-state index >= 15 is 0 Å². The molecule has 0 atom stereocenters. The molecule has 0 aliphatic carbocycles. The van der Waals surface area contributed by atoms with Crippen molar-refractivity contribution in [1.82, 2.24) is 4.98 Å². The summed E-state index contributed by atoms with van der Waals surface area (Å²) in [6.07, 6.45) is -3.22. The second-order valence-corrected chi connectivity index (χ2v) is 7.66. The molecule has 8 heteroatoms. The predicted octanol–water partition coefficient (Wildman–Crippen LogP) is 5.58. The van der Waals surface area contributed by atoms with Gasteiger partial charge in [0.1, 0.15) is 11.6 Å². The average Bonchev–Trinajstić information content (AvgIpc) is 2.78. The van der Waals surface area contributed by atoms with Gasteiger partial charge in [-0.25, -0.2) is 4.98 Å². The van der Waals surface area contributed by atoms with Crippen LogP contribution >= 0.6 is 0 Å². The van der Waals surface area contributed by atoms with Crippen molar-refractivity contribution < 1.29 is 27.4 Å². The molecule has 0 amide bonds. The Morgan fingerprint density at radius 2 is 1.72 bits per heavy atom. The number of carbonyl (C=O) groups excluding carboxylic acids is 1. The van der Waals surface area contributed by atoms with Gasteiger partial charge in [0.25, 0.3) is 0 Å². The maximum absolute atomic E-state index is 12.3. The number of halogens is 3. The van der Waals surface area contributed by atoms with Gasteiger partial charge in [0, 0.05) is 18.5 Å². The standard InChI is InChI=1S/C24H23F3N2O3/c1-2-31-23(30)17-11-13-29(14-12-17)22-10-6-19-15-18(5-9-21(19)28-22)16-3-7-20(8-4-16)32-24(25,26)27/h3-10,15,17H,2,11-14H2,1H3. The molecule has 0 unspecified atom stereocenters. The molecule has 1 aliphatic rings. The molecule has 168 valence electrons. The van der Waals surface area contributed by atoms with Crippen LogP contribution in [0.4, 0.5) is 19.0 Å². The third kappa shape index (κ3) is 5.12. The number of rotatable bonds is 5. The number of aromatic nitrogens is 1. The second-order valence-electron chi connectivity index (χ2n) is 7.66. The van der Waals surface area contributed by atoms with Crippen molar-refractivity contribution in [3.63, 3.8) is 0 Å². The number of piperidine rings is 1. The first kappa shape index (κ1) is 21.9. The Bertz CT molecular complexity index is 1090. The largest absolute Gasteiger partial charge is 0.573 e. The maximum Gasteiger partial charge on any atom is 0.573 e. The van der Waals surface area contributed by atoms with Gasteiger partial charge in [-0.1, -0.05) is 18.2 Å². The summed E-state index contributed by atoms with van der Waals surface area (Å²) in [5.41, 5.74) is 2.49. The maximum atomic E-state index is 12.3. The average molecular weight is 444 g/mol. The van der Waals surface area contributed by atoms with Gasteiger partial charge in [-0.3, -0.25) is 4.79 Å². The Morgan fingerprint density at radius 1 is 1.03 bits per heavy atom. The van der Waals surface area contributed by atoms with E-state index in [0.717, 1.165) is 53.8 Å². The van der Waals surface area contributed by atoms with E-state index in [4.69, 9.17) is 9.72 Å². The van der Waals surface area contributed by atoms with E-state index in [1.807, 2.05) is 37.3 Å². The smallest absolute Gasteiger partial charge is 0.466 e. The van der Waals surface area contributed by atoms with E-state index in [-0.39, 0.29) is 17.6 Å². The Balaban J connectivity index is 1.46. The van der Waals surface area contributed by atoms with Gasteiger partial charge >= 0.3 is 12.3 Å². The summed E-state index contributed by atoms with van der Waals surface area (Å²) in [7, 11) is 0. The van der Waals surface area contributed by atoms with E-state index in [2.05, 4.69) is 9.64 Å². The summed E-state index contributed by atoms with van der Waals surface area (Å²) in [5, 5.41) is 0.934. The van der Waals surface area contributed by atoms with Crippen LogP contribution in [0, 0.1) is 5.92 Å². The number of hydrogen-bond donors (Lipinski definition) is 0. The lowest BCUT2D eigenvalue weighted by Gasteiger charge is -2.31. The van der Waals surface area contributed by atoms with Gasteiger partial charge in [0.2, 0.25) is 0 Å². The first-order chi connectivity index (χ1) is 15.3. The molecule has 1 saturated heterocycles. The molecule has 2 heterocycles. The van der Waals surface area contributed by atoms with Crippen molar-refractivity contribution in [1.29, 1.82) is 0 Å². The molecule has 1 aliphatic heterocycles. The number of fused-ring (bicyclic) bond motifs is 1. The number of alkyl halides is 3. The molecule has 0 saturated carbocycles. The summed E-state index contributed by atoms with van der Waals surface area (Å²) in [6.45, 7) is 3.70. The van der Waals surface area contributed by atoms with Gasteiger partial charge in [-0.2, -0.15) is 0 Å². The topological polar surface area (TPSA) is 51.7 Å². The monoisotopic (exact) mass is 444 g/mol. The minimum Gasteiger partial charge on any atom is -0.466 e. The van der Waals surface area contributed by atoms with Crippen molar-refractivity contribution in [2.75, 3.05) is 24.6 Å². The summed E-state index contributed by atoms with van der Waals surface area (Å²) in [6, 6.07) is 15.5. The van der Waals surface area contributed by atoms with E-state index < -0.39 is 6.36 Å². The quantitative estimate of drug-likeness (QED) is 0.481. The summed E-state index contributed by atoms with van der Waals surface area (Å²) < 4.78 is 46.1. The molecule has 0 radical (unpaired) electrons. The van der Waals surface area contributed by atoms with Gasteiger partial charge in [-0.15, -0.1) is 13.2 Å². The minimum absolute atomic E-state index is 0.0536. The SMILES string of the molecule is CCOC(=O)C1CCN(c2ccc3cc(-c4ccc(OC(F)(F)F)cc4)ccc3n2)CC1. The molecule has 1 fully saturated rings. The van der Waals surface area contributed by atoms with Crippen LogP contribution in [-0.4, -0.2) is 37.0 Å². The highest BCUT2D eigenvalue weighted by molar-refractivity contribution is 5.85. The van der Waals surface area contributed by atoms with Gasteiger partial charge < -0.3 is 14.4 Å². The lowest BCUT2D eigenvalue weighted by molar-refractivity contribution is -0.274. The molecule has 0 N–H and O–H groups in total. The number of ether oxygens (including phenoxy) is 2. The summed E-state index contributed by atoms with van der Waals surface area (Å²) in [4.78, 5) is 18.9. The van der Waals surface area contributed by atoms with Crippen molar-refractivity contribution in [3.8, 4) is 16.9 Å². The van der Waals surface area contributed by atoms with Crippen molar-refractivity contribution >= 4 is 22.7 Å². The Labute approximate surface area is 183 Å². The van der Waals surface area contributed by atoms with Crippen molar-refractivity contribution in [2.45, 2.75) is 26.1 Å². The summed E-state index contributed by atoms with van der Waals surface area (Å²) in [5.74, 6) is 0.438. The zero-order valence-corrected chi connectivity index (χ0v) is 17.6. The molecule has 1 aromatic heterocycles. The molecular formula is C24H23F3N2O3. The fraction of sp³-hybridized carbons (Fsp3) is 0.333. The third-order valence-electron chi connectivity index (χ3n) is 5.53. The van der Waals surface area contributed by atoms with Crippen LogP contribution in [0.5, 0.6) is 5.75 Å². The zero-order valence-electron chi connectivity index (χ0n) is 17.6. The van der Waals surface area contributed by atoms with E-state index in [9.17, 15) is 18.0 Å². The first-order valence-electron chi connectivity index (χ1n) is 10.5. The number of carbonyl (C=O) groups is 1. The van der Waals surface area contributed by atoms with Crippen LogP contribution in [0.25, 0.3) is 22.0 Å². The van der Waals surface area contributed by atoms with Crippen LogP contribution in [0.2, 0.25) is 0 Å². The highest BCUT2D eigenvalue weighted by atomic mass is 19.4. The lowest BCUT2D eigenvalue weighted by atomic mass is 9.97. The zero-order chi connectivity index (χ0) is 22.7. The molecule has 32 heavy (non-hydrogen) atoms. The highest BCUT2D eigenvalue weighted by Crippen LogP contribution is 2.30. The van der Waals surface area contributed by atoms with Crippen LogP contribution < -0.4 is 9.64 Å². The molecule has 3 aromatic rings. The minimum atomic E-state index is -4.71. The highest BCUT2D eigenvalue weighted by Gasteiger charge is 2.31. The number of hydrogen-bond acceptors (Lipinski definition) is 5. The molecule has 2 aromatic carbocycles.